The zero-order chi connectivity index (χ0) is 13.0. The molecule has 1 N–H and O–H groups in total. The van der Waals surface area contributed by atoms with Crippen molar-refractivity contribution in [1.29, 1.82) is 0 Å². The second-order valence-corrected chi connectivity index (χ2v) is 4.39. The van der Waals surface area contributed by atoms with Crippen molar-refractivity contribution in [3.05, 3.63) is 53.1 Å². The fourth-order valence-corrected chi connectivity index (χ4v) is 1.95. The molecule has 2 nitrogen and oxygen atoms in total. The van der Waals surface area contributed by atoms with Crippen LogP contribution in [0.5, 0.6) is 0 Å². The molecule has 4 heteroatoms. The van der Waals surface area contributed by atoms with Crippen molar-refractivity contribution < 1.29 is 4.39 Å². The van der Waals surface area contributed by atoms with E-state index in [1.807, 2.05) is 13.0 Å². The lowest BCUT2D eigenvalue weighted by molar-refractivity contribution is 0.628. The maximum atomic E-state index is 13.2. The molecule has 0 radical (unpaired) electrons. The number of nitrogens with one attached hydrogen (secondary N) is 1. The number of pyridine rings is 1. The van der Waals surface area contributed by atoms with E-state index in [0.29, 0.717) is 10.6 Å². The molecule has 1 heterocycles. The van der Waals surface area contributed by atoms with Crippen molar-refractivity contribution in [3.63, 3.8) is 0 Å². The van der Waals surface area contributed by atoms with E-state index in [1.54, 1.807) is 18.5 Å². The Kier molecular flexibility index (Phi) is 4.28. The molecule has 0 fully saturated rings. The number of hydrogen-bond donors (Lipinski definition) is 1. The van der Waals surface area contributed by atoms with Gasteiger partial charge in [0.1, 0.15) is 5.82 Å². The number of halogens is 2. The average molecular weight is 265 g/mol. The van der Waals surface area contributed by atoms with Gasteiger partial charge in [0.2, 0.25) is 0 Å². The molecular weight excluding hydrogens is 251 g/mol. The Balaban J connectivity index is 2.35. The van der Waals surface area contributed by atoms with Crippen LogP contribution >= 0.6 is 11.6 Å². The Morgan fingerprint density at radius 1 is 1.28 bits per heavy atom. The SMILES string of the molecule is CCNCc1cncc(-c2cc(F)ccc2Cl)c1. The van der Waals surface area contributed by atoms with Gasteiger partial charge < -0.3 is 5.32 Å². The minimum Gasteiger partial charge on any atom is -0.313 e. The van der Waals surface area contributed by atoms with Crippen LogP contribution in [0.15, 0.2) is 36.7 Å². The predicted octanol–water partition coefficient (Wildman–Crippen LogP) is 3.65. The van der Waals surface area contributed by atoms with Crippen molar-refractivity contribution in [2.45, 2.75) is 13.5 Å². The standard InChI is InChI=1S/C14H14ClFN2/c1-2-17-7-10-5-11(9-18-8-10)13-6-12(16)3-4-14(13)15/h3-6,8-9,17H,2,7H2,1H3. The van der Waals surface area contributed by atoms with E-state index in [1.165, 1.54) is 12.1 Å². The van der Waals surface area contributed by atoms with Crippen LogP contribution in [0.2, 0.25) is 5.02 Å². The van der Waals surface area contributed by atoms with Gasteiger partial charge in [0, 0.05) is 35.1 Å². The monoisotopic (exact) mass is 264 g/mol. The molecule has 0 aliphatic rings. The van der Waals surface area contributed by atoms with E-state index < -0.39 is 0 Å². The number of hydrogen-bond acceptors (Lipinski definition) is 2. The highest BCUT2D eigenvalue weighted by Gasteiger charge is 2.06. The molecule has 0 saturated carbocycles. The minimum atomic E-state index is -0.300. The van der Waals surface area contributed by atoms with Crippen LogP contribution in [0.3, 0.4) is 0 Å². The van der Waals surface area contributed by atoms with Gasteiger partial charge in [-0.25, -0.2) is 4.39 Å². The topological polar surface area (TPSA) is 24.9 Å². The molecule has 0 aliphatic heterocycles. The molecule has 2 aromatic rings. The molecule has 1 aromatic heterocycles. The summed E-state index contributed by atoms with van der Waals surface area (Å²) in [6.07, 6.45) is 3.48. The lowest BCUT2D eigenvalue weighted by Gasteiger charge is -2.07. The molecule has 0 atom stereocenters. The highest BCUT2D eigenvalue weighted by atomic mass is 35.5. The van der Waals surface area contributed by atoms with Gasteiger partial charge in [-0.1, -0.05) is 18.5 Å². The van der Waals surface area contributed by atoms with E-state index in [2.05, 4.69) is 10.3 Å². The van der Waals surface area contributed by atoms with Crippen LogP contribution in [0.25, 0.3) is 11.1 Å². The normalized spacial score (nSPS) is 10.6. The summed E-state index contributed by atoms with van der Waals surface area (Å²) in [7, 11) is 0. The predicted molar refractivity (Wildman–Crippen MR) is 72.0 cm³/mol. The summed E-state index contributed by atoms with van der Waals surface area (Å²) in [4.78, 5) is 4.16. The zero-order valence-corrected chi connectivity index (χ0v) is 10.8. The summed E-state index contributed by atoms with van der Waals surface area (Å²) in [5.74, 6) is -0.300. The van der Waals surface area contributed by atoms with E-state index in [0.717, 1.165) is 24.2 Å². The van der Waals surface area contributed by atoms with Gasteiger partial charge in [-0.2, -0.15) is 0 Å². The van der Waals surface area contributed by atoms with Crippen LogP contribution in [-0.2, 0) is 6.54 Å². The first-order valence-corrected chi connectivity index (χ1v) is 6.18. The van der Waals surface area contributed by atoms with Gasteiger partial charge in [-0.3, -0.25) is 4.98 Å². The average Bonchev–Trinajstić information content (AvgIpc) is 2.39. The van der Waals surface area contributed by atoms with Gasteiger partial charge in [-0.05, 0) is 36.4 Å². The first kappa shape index (κ1) is 13.0. The van der Waals surface area contributed by atoms with E-state index in [4.69, 9.17) is 11.6 Å². The molecule has 2 rings (SSSR count). The molecular formula is C14H14ClFN2. The van der Waals surface area contributed by atoms with Crippen LogP contribution in [0, 0.1) is 5.82 Å². The second-order valence-electron chi connectivity index (χ2n) is 3.99. The highest BCUT2D eigenvalue weighted by molar-refractivity contribution is 6.33. The lowest BCUT2D eigenvalue weighted by atomic mass is 10.1. The number of nitrogens with zero attached hydrogens (tertiary/aromatic N) is 1. The molecule has 18 heavy (non-hydrogen) atoms. The second kappa shape index (κ2) is 5.94. The highest BCUT2D eigenvalue weighted by Crippen LogP contribution is 2.28. The largest absolute Gasteiger partial charge is 0.313 e. The molecule has 1 aromatic carbocycles. The summed E-state index contributed by atoms with van der Waals surface area (Å²) >= 11 is 6.08. The fourth-order valence-electron chi connectivity index (χ4n) is 1.72. The Morgan fingerprint density at radius 3 is 2.89 bits per heavy atom. The van der Waals surface area contributed by atoms with Crippen molar-refractivity contribution >= 4 is 11.6 Å². The fraction of sp³-hybridized carbons (Fsp3) is 0.214. The summed E-state index contributed by atoms with van der Waals surface area (Å²) in [6.45, 7) is 3.68. The Labute approximate surface area is 111 Å². The maximum Gasteiger partial charge on any atom is 0.123 e. The number of benzene rings is 1. The van der Waals surface area contributed by atoms with Crippen molar-refractivity contribution in [2.75, 3.05) is 6.54 Å². The quantitative estimate of drug-likeness (QED) is 0.912. The van der Waals surface area contributed by atoms with Gasteiger partial charge in [0.25, 0.3) is 0 Å². The van der Waals surface area contributed by atoms with Gasteiger partial charge in [-0.15, -0.1) is 0 Å². The molecule has 0 saturated heterocycles. The molecule has 0 amide bonds. The molecule has 0 spiro atoms. The van der Waals surface area contributed by atoms with Crippen LogP contribution in [0.4, 0.5) is 4.39 Å². The Morgan fingerprint density at radius 2 is 2.11 bits per heavy atom. The third kappa shape index (κ3) is 3.06. The van der Waals surface area contributed by atoms with Crippen LogP contribution in [-0.4, -0.2) is 11.5 Å². The maximum absolute atomic E-state index is 13.2. The lowest BCUT2D eigenvalue weighted by Crippen LogP contribution is -2.11. The van der Waals surface area contributed by atoms with Crippen molar-refractivity contribution in [2.24, 2.45) is 0 Å². The van der Waals surface area contributed by atoms with E-state index in [9.17, 15) is 4.39 Å². The van der Waals surface area contributed by atoms with E-state index in [-0.39, 0.29) is 5.82 Å². The van der Waals surface area contributed by atoms with Gasteiger partial charge in [0.15, 0.2) is 0 Å². The summed E-state index contributed by atoms with van der Waals surface area (Å²) in [6, 6.07) is 6.30. The zero-order valence-electron chi connectivity index (χ0n) is 10.1. The third-order valence-corrected chi connectivity index (χ3v) is 2.94. The summed E-state index contributed by atoms with van der Waals surface area (Å²) < 4.78 is 13.2. The summed E-state index contributed by atoms with van der Waals surface area (Å²) in [5.41, 5.74) is 2.55. The smallest absolute Gasteiger partial charge is 0.123 e. The third-order valence-electron chi connectivity index (χ3n) is 2.61. The number of aromatic nitrogens is 1. The van der Waals surface area contributed by atoms with Gasteiger partial charge in [0.05, 0.1) is 0 Å². The van der Waals surface area contributed by atoms with Crippen molar-refractivity contribution in [1.82, 2.24) is 10.3 Å². The van der Waals surface area contributed by atoms with E-state index >= 15 is 0 Å². The summed E-state index contributed by atoms with van der Waals surface area (Å²) in [5, 5.41) is 3.75. The first-order valence-electron chi connectivity index (χ1n) is 5.80. The number of rotatable bonds is 4. The molecule has 94 valence electrons. The Hall–Kier alpha value is -1.45. The van der Waals surface area contributed by atoms with Crippen molar-refractivity contribution in [3.8, 4) is 11.1 Å². The van der Waals surface area contributed by atoms with Crippen LogP contribution in [0.1, 0.15) is 12.5 Å². The van der Waals surface area contributed by atoms with Crippen LogP contribution < -0.4 is 5.32 Å². The Bertz CT molecular complexity index is 543. The van der Waals surface area contributed by atoms with Gasteiger partial charge >= 0.3 is 0 Å². The molecule has 0 bridgehead atoms. The molecule has 0 aliphatic carbocycles. The minimum absolute atomic E-state index is 0.300. The molecule has 0 unspecified atom stereocenters. The first-order chi connectivity index (χ1) is 8.70.